The molecule has 7 heteroatoms. The van der Waals surface area contributed by atoms with Crippen molar-refractivity contribution in [2.24, 2.45) is 5.92 Å². The zero-order valence-electron chi connectivity index (χ0n) is 13.2. The third kappa shape index (κ3) is 3.75. The molecule has 3 rings (SSSR count). The van der Waals surface area contributed by atoms with E-state index in [0.717, 1.165) is 30.7 Å². The number of rotatable bonds is 4. The highest BCUT2D eigenvalue weighted by Crippen LogP contribution is 2.25. The summed E-state index contributed by atoms with van der Waals surface area (Å²) in [5.41, 5.74) is -0.0363. The van der Waals surface area contributed by atoms with Crippen LogP contribution in [0.1, 0.15) is 16.8 Å². The molecule has 0 saturated carbocycles. The van der Waals surface area contributed by atoms with Crippen molar-refractivity contribution in [1.82, 2.24) is 5.32 Å². The molecule has 132 valence electrons. The van der Waals surface area contributed by atoms with E-state index in [9.17, 15) is 22.4 Å². The number of carbonyl (C=O) groups excluding carboxylic acids is 1. The lowest BCUT2D eigenvalue weighted by atomic mass is 10.1. The van der Waals surface area contributed by atoms with Gasteiger partial charge in [-0.05, 0) is 36.6 Å². The van der Waals surface area contributed by atoms with Crippen LogP contribution in [-0.4, -0.2) is 25.5 Å². The van der Waals surface area contributed by atoms with Gasteiger partial charge in [-0.3, -0.25) is 4.79 Å². The standard InChI is InChI=1S/C18H16F4N2O/c19-13-5-4-12(8-16(13)22)24-7-6-11(10-24)9-23-18(25)17-14(20)2-1-3-15(17)21/h1-5,8,11H,6-7,9-10H2,(H,23,25). The topological polar surface area (TPSA) is 32.3 Å². The summed E-state index contributed by atoms with van der Waals surface area (Å²) < 4.78 is 53.5. The average Bonchev–Trinajstić information content (AvgIpc) is 3.04. The number of amides is 1. The van der Waals surface area contributed by atoms with Gasteiger partial charge in [-0.15, -0.1) is 0 Å². The summed E-state index contributed by atoms with van der Waals surface area (Å²) in [5.74, 6) is -4.39. The summed E-state index contributed by atoms with van der Waals surface area (Å²) in [6.45, 7) is 1.40. The van der Waals surface area contributed by atoms with Crippen molar-refractivity contribution >= 4 is 11.6 Å². The fraction of sp³-hybridized carbons (Fsp3) is 0.278. The van der Waals surface area contributed by atoms with Crippen LogP contribution < -0.4 is 10.2 Å². The Hall–Kier alpha value is -2.57. The average molecular weight is 352 g/mol. The van der Waals surface area contributed by atoms with Gasteiger partial charge in [0.2, 0.25) is 0 Å². The molecule has 1 atom stereocenters. The summed E-state index contributed by atoms with van der Waals surface area (Å²) >= 11 is 0. The Kier molecular flexibility index (Phi) is 4.92. The molecule has 0 radical (unpaired) electrons. The van der Waals surface area contributed by atoms with Gasteiger partial charge >= 0.3 is 0 Å². The molecular formula is C18H16F4N2O. The number of hydrogen-bond donors (Lipinski definition) is 1. The van der Waals surface area contributed by atoms with Gasteiger partial charge in [-0.2, -0.15) is 0 Å². The molecule has 1 N–H and O–H groups in total. The highest BCUT2D eigenvalue weighted by atomic mass is 19.2. The van der Waals surface area contributed by atoms with E-state index >= 15 is 0 Å². The first-order chi connectivity index (χ1) is 12.0. The monoisotopic (exact) mass is 352 g/mol. The molecule has 0 aliphatic carbocycles. The molecule has 0 aromatic heterocycles. The van der Waals surface area contributed by atoms with Crippen LogP contribution in [0.2, 0.25) is 0 Å². The molecule has 2 aromatic carbocycles. The molecular weight excluding hydrogens is 336 g/mol. The van der Waals surface area contributed by atoms with Crippen LogP contribution in [-0.2, 0) is 0 Å². The van der Waals surface area contributed by atoms with Crippen LogP contribution in [0.3, 0.4) is 0 Å². The second-order valence-electron chi connectivity index (χ2n) is 6.01. The number of nitrogens with one attached hydrogen (secondary N) is 1. The van der Waals surface area contributed by atoms with Crippen molar-refractivity contribution in [3.05, 3.63) is 65.2 Å². The summed E-state index contributed by atoms with van der Waals surface area (Å²) in [5, 5.41) is 2.54. The molecule has 1 unspecified atom stereocenters. The lowest BCUT2D eigenvalue weighted by Crippen LogP contribution is -2.32. The Bertz CT molecular complexity index is 776. The van der Waals surface area contributed by atoms with E-state index in [2.05, 4.69) is 5.32 Å². The zero-order chi connectivity index (χ0) is 18.0. The maximum absolute atomic E-state index is 13.6. The van der Waals surface area contributed by atoms with Crippen LogP contribution in [0, 0.1) is 29.2 Å². The molecule has 1 fully saturated rings. The van der Waals surface area contributed by atoms with E-state index in [1.54, 1.807) is 0 Å². The summed E-state index contributed by atoms with van der Waals surface area (Å²) in [4.78, 5) is 13.9. The van der Waals surface area contributed by atoms with Crippen molar-refractivity contribution in [3.63, 3.8) is 0 Å². The highest BCUT2D eigenvalue weighted by Gasteiger charge is 2.25. The fourth-order valence-electron chi connectivity index (χ4n) is 2.96. The van der Waals surface area contributed by atoms with Crippen molar-refractivity contribution in [2.75, 3.05) is 24.5 Å². The van der Waals surface area contributed by atoms with E-state index in [1.807, 2.05) is 4.90 Å². The van der Waals surface area contributed by atoms with Crippen LogP contribution in [0.4, 0.5) is 23.2 Å². The van der Waals surface area contributed by atoms with Gasteiger partial charge in [-0.1, -0.05) is 6.07 Å². The summed E-state index contributed by atoms with van der Waals surface area (Å²) in [6, 6.07) is 6.94. The largest absolute Gasteiger partial charge is 0.371 e. The summed E-state index contributed by atoms with van der Waals surface area (Å²) in [7, 11) is 0. The number of anilines is 1. The number of benzene rings is 2. The van der Waals surface area contributed by atoms with E-state index in [4.69, 9.17) is 0 Å². The normalized spacial score (nSPS) is 17.0. The van der Waals surface area contributed by atoms with Crippen molar-refractivity contribution < 1.29 is 22.4 Å². The molecule has 3 nitrogen and oxygen atoms in total. The molecule has 1 saturated heterocycles. The Morgan fingerprint density at radius 2 is 1.76 bits per heavy atom. The quantitative estimate of drug-likeness (QED) is 0.855. The Morgan fingerprint density at radius 3 is 2.44 bits per heavy atom. The molecule has 1 amide bonds. The van der Waals surface area contributed by atoms with Crippen LogP contribution >= 0.6 is 0 Å². The van der Waals surface area contributed by atoms with Gasteiger partial charge < -0.3 is 10.2 Å². The minimum absolute atomic E-state index is 0.0481. The minimum atomic E-state index is -0.913. The second kappa shape index (κ2) is 7.13. The van der Waals surface area contributed by atoms with Crippen molar-refractivity contribution in [3.8, 4) is 0 Å². The highest BCUT2D eigenvalue weighted by molar-refractivity contribution is 5.94. The molecule has 1 heterocycles. The van der Waals surface area contributed by atoms with Gasteiger partial charge in [-0.25, -0.2) is 17.6 Å². The van der Waals surface area contributed by atoms with E-state index in [1.165, 1.54) is 12.1 Å². The molecule has 1 aliphatic heterocycles. The third-order valence-electron chi connectivity index (χ3n) is 4.30. The first kappa shape index (κ1) is 17.3. The minimum Gasteiger partial charge on any atom is -0.371 e. The van der Waals surface area contributed by atoms with Crippen LogP contribution in [0.15, 0.2) is 36.4 Å². The first-order valence-corrected chi connectivity index (χ1v) is 7.88. The van der Waals surface area contributed by atoms with E-state index in [0.29, 0.717) is 18.8 Å². The van der Waals surface area contributed by atoms with Gasteiger partial charge in [0.25, 0.3) is 5.91 Å². The maximum Gasteiger partial charge on any atom is 0.257 e. The lowest BCUT2D eigenvalue weighted by molar-refractivity contribution is 0.0940. The van der Waals surface area contributed by atoms with E-state index < -0.39 is 34.7 Å². The molecule has 2 aromatic rings. The zero-order valence-corrected chi connectivity index (χ0v) is 13.2. The number of carbonyl (C=O) groups is 1. The predicted octanol–water partition coefficient (Wildman–Crippen LogP) is 3.50. The lowest BCUT2D eigenvalue weighted by Gasteiger charge is -2.19. The maximum atomic E-state index is 13.6. The molecule has 25 heavy (non-hydrogen) atoms. The van der Waals surface area contributed by atoms with Crippen molar-refractivity contribution in [2.45, 2.75) is 6.42 Å². The van der Waals surface area contributed by atoms with Crippen molar-refractivity contribution in [1.29, 1.82) is 0 Å². The van der Waals surface area contributed by atoms with Gasteiger partial charge in [0, 0.05) is 31.4 Å². The third-order valence-corrected chi connectivity index (χ3v) is 4.30. The van der Waals surface area contributed by atoms with Crippen LogP contribution in [0.25, 0.3) is 0 Å². The number of nitrogens with zero attached hydrogens (tertiary/aromatic N) is 1. The Labute approximate surface area is 142 Å². The molecule has 1 aliphatic rings. The van der Waals surface area contributed by atoms with Gasteiger partial charge in [0.15, 0.2) is 11.6 Å². The fourth-order valence-corrected chi connectivity index (χ4v) is 2.96. The molecule has 0 spiro atoms. The SMILES string of the molecule is O=C(NCC1CCN(c2ccc(F)c(F)c2)C1)c1c(F)cccc1F. The first-order valence-electron chi connectivity index (χ1n) is 7.88. The van der Waals surface area contributed by atoms with Gasteiger partial charge in [0.1, 0.15) is 17.2 Å². The number of hydrogen-bond acceptors (Lipinski definition) is 2. The Balaban J connectivity index is 1.58. The summed E-state index contributed by atoms with van der Waals surface area (Å²) in [6.07, 6.45) is 0.721. The smallest absolute Gasteiger partial charge is 0.257 e. The van der Waals surface area contributed by atoms with Crippen LogP contribution in [0.5, 0.6) is 0 Å². The Morgan fingerprint density at radius 1 is 1.04 bits per heavy atom. The molecule has 0 bridgehead atoms. The second-order valence-corrected chi connectivity index (χ2v) is 6.01. The van der Waals surface area contributed by atoms with E-state index in [-0.39, 0.29) is 12.5 Å². The number of halogens is 4. The van der Waals surface area contributed by atoms with Gasteiger partial charge in [0.05, 0.1) is 0 Å². The predicted molar refractivity (Wildman–Crippen MR) is 85.4 cm³/mol.